The number of esters is 1. The molecule has 2 heterocycles. The van der Waals surface area contributed by atoms with Crippen LogP contribution in [0.5, 0.6) is 0 Å². The van der Waals surface area contributed by atoms with E-state index >= 15 is 0 Å². The van der Waals surface area contributed by atoms with Gasteiger partial charge in [-0.15, -0.1) is 11.3 Å². The van der Waals surface area contributed by atoms with Gasteiger partial charge in [0.25, 0.3) is 0 Å². The molecule has 1 amide bonds. The number of methoxy groups -OCH3 is 1. The fourth-order valence-corrected chi connectivity index (χ4v) is 4.38. The number of aliphatic imine (C=N–C) groups is 1. The number of piperidine rings is 1. The van der Waals surface area contributed by atoms with Crippen molar-refractivity contribution < 1.29 is 25.0 Å². The van der Waals surface area contributed by atoms with Gasteiger partial charge < -0.3 is 20.3 Å². The molecule has 166 valence electrons. The van der Waals surface area contributed by atoms with Crippen LogP contribution in [-0.2, 0) is 9.53 Å². The summed E-state index contributed by atoms with van der Waals surface area (Å²) in [5, 5.41) is 17.8. The van der Waals surface area contributed by atoms with Crippen LogP contribution in [0.1, 0.15) is 29.6 Å². The van der Waals surface area contributed by atoms with Gasteiger partial charge in [-0.1, -0.05) is 12.1 Å². The zero-order valence-electron chi connectivity index (χ0n) is 17.6. The zero-order chi connectivity index (χ0) is 22.2. The quantitative estimate of drug-likeness (QED) is 0.178. The van der Waals surface area contributed by atoms with Crippen LogP contribution in [0.15, 0.2) is 40.7 Å². The summed E-state index contributed by atoms with van der Waals surface area (Å²) in [7, 11) is 3.05. The summed E-state index contributed by atoms with van der Waals surface area (Å²) in [6, 6.07) is 9.11. The van der Waals surface area contributed by atoms with Crippen molar-refractivity contribution in [3.63, 3.8) is 0 Å². The van der Waals surface area contributed by atoms with Gasteiger partial charge in [-0.05, 0) is 36.3 Å². The van der Waals surface area contributed by atoms with Gasteiger partial charge in [0.2, 0.25) is 5.91 Å². The Hall–Kier alpha value is -2.95. The number of benzene rings is 1. The molecule has 0 atom stereocenters. The van der Waals surface area contributed by atoms with Crippen molar-refractivity contribution in [2.45, 2.75) is 19.3 Å². The van der Waals surface area contributed by atoms with Crippen molar-refractivity contribution in [3.8, 4) is 0 Å². The Morgan fingerprint density at radius 3 is 2.68 bits per heavy atom. The monoisotopic (exact) mass is 446 g/mol. The smallest absolute Gasteiger partial charge is 0.340 e. The maximum atomic E-state index is 12.5. The molecule has 3 rings (SSSR count). The van der Waals surface area contributed by atoms with Gasteiger partial charge in [0.05, 0.1) is 12.7 Å². The third-order valence-corrected chi connectivity index (χ3v) is 6.10. The molecular weight excluding hydrogens is 418 g/mol. The highest BCUT2D eigenvalue weighted by Gasteiger charge is 2.25. The zero-order valence-corrected chi connectivity index (χ0v) is 18.4. The van der Waals surface area contributed by atoms with Gasteiger partial charge in [0, 0.05) is 32.6 Å². The highest BCUT2D eigenvalue weighted by Crippen LogP contribution is 2.26. The molecule has 1 fully saturated rings. The third-order valence-electron chi connectivity index (χ3n) is 5.27. The van der Waals surface area contributed by atoms with E-state index in [1.165, 1.54) is 18.4 Å². The van der Waals surface area contributed by atoms with Crippen LogP contribution in [0.2, 0.25) is 0 Å². The van der Waals surface area contributed by atoms with E-state index in [9.17, 15) is 14.8 Å². The highest BCUT2D eigenvalue weighted by molar-refractivity contribution is 7.14. The van der Waals surface area contributed by atoms with Crippen molar-refractivity contribution in [2.24, 2.45) is 10.9 Å². The van der Waals surface area contributed by atoms with Crippen molar-refractivity contribution >= 4 is 45.5 Å². The molecular formula is C21H28N5O4S+. The molecule has 5 N–H and O–H groups in total. The van der Waals surface area contributed by atoms with Gasteiger partial charge in [0.1, 0.15) is 10.7 Å². The molecule has 9 nitrogen and oxygen atoms in total. The molecule has 0 unspecified atom stereocenters. The predicted molar refractivity (Wildman–Crippen MR) is 120 cm³/mol. The van der Waals surface area contributed by atoms with Gasteiger partial charge >= 0.3 is 5.97 Å². The van der Waals surface area contributed by atoms with E-state index in [0.717, 1.165) is 43.1 Å². The molecule has 0 saturated carbocycles. The number of thiophene rings is 1. The molecule has 31 heavy (non-hydrogen) atoms. The van der Waals surface area contributed by atoms with Crippen LogP contribution in [-0.4, -0.2) is 55.2 Å². The number of guanidine groups is 1. The number of quaternary nitrogens is 1. The number of rotatable bonds is 6. The molecule has 1 aliphatic heterocycles. The number of ether oxygens (including phenoxy) is 1. The van der Waals surface area contributed by atoms with Crippen molar-refractivity contribution in [2.75, 3.05) is 37.9 Å². The predicted octanol–water partition coefficient (Wildman–Crippen LogP) is 2.26. The number of nitrogens with zero attached hydrogens (tertiary/aromatic N) is 2. The summed E-state index contributed by atoms with van der Waals surface area (Å²) in [5.74, 6) is 0.442. The van der Waals surface area contributed by atoms with Crippen LogP contribution in [0.3, 0.4) is 0 Å². The maximum Gasteiger partial charge on any atom is 0.340 e. The minimum Gasteiger partial charge on any atom is -0.465 e. The third kappa shape index (κ3) is 5.81. The lowest BCUT2D eigenvalue weighted by atomic mass is 9.93. The average Bonchev–Trinajstić information content (AvgIpc) is 3.25. The average molecular weight is 447 g/mol. The van der Waals surface area contributed by atoms with Crippen LogP contribution < -0.4 is 16.1 Å². The molecule has 0 aliphatic carbocycles. The van der Waals surface area contributed by atoms with Gasteiger partial charge in [-0.25, -0.2) is 10.0 Å². The normalized spacial score (nSPS) is 14.9. The topological polar surface area (TPSA) is 120 Å². The number of likely N-dealkylation sites (tertiary alicyclic amines) is 1. The fraction of sp³-hybridized carbons (Fsp3) is 0.381. The lowest BCUT2D eigenvalue weighted by Crippen LogP contribution is -2.74. The Kier molecular flexibility index (Phi) is 7.99. The van der Waals surface area contributed by atoms with Gasteiger partial charge in [-0.2, -0.15) is 5.48 Å². The molecule has 1 aromatic heterocycles. The van der Waals surface area contributed by atoms with Crippen molar-refractivity contribution in [1.29, 1.82) is 0 Å². The molecule has 0 bridgehead atoms. The molecule has 0 radical (unpaired) electrons. The second-order valence-electron chi connectivity index (χ2n) is 7.23. The first-order valence-corrected chi connectivity index (χ1v) is 10.9. The summed E-state index contributed by atoms with van der Waals surface area (Å²) in [6.07, 6.45) is 2.12. The van der Waals surface area contributed by atoms with Crippen LogP contribution in [0.4, 0.5) is 16.4 Å². The molecule has 2 aromatic rings. The van der Waals surface area contributed by atoms with Crippen LogP contribution in [0.25, 0.3) is 0 Å². The largest absolute Gasteiger partial charge is 0.465 e. The van der Waals surface area contributed by atoms with E-state index in [1.807, 2.05) is 24.3 Å². The van der Waals surface area contributed by atoms with E-state index in [1.54, 1.807) is 18.5 Å². The van der Waals surface area contributed by atoms with Crippen LogP contribution in [0, 0.1) is 5.92 Å². The van der Waals surface area contributed by atoms with E-state index in [4.69, 9.17) is 4.74 Å². The van der Waals surface area contributed by atoms with E-state index in [2.05, 4.69) is 20.5 Å². The number of carbonyl (C=O) groups excluding carboxylic acids is 2. The number of anilines is 2. The number of hydrogen-bond acceptors (Lipinski definition) is 6. The lowest BCUT2D eigenvalue weighted by Gasteiger charge is -2.34. The Balaban J connectivity index is 1.51. The first kappa shape index (κ1) is 22.7. The second-order valence-corrected chi connectivity index (χ2v) is 8.14. The Labute approximate surface area is 185 Å². The number of nitrogens with two attached hydrogens (primary N) is 1. The highest BCUT2D eigenvalue weighted by atomic mass is 32.1. The SMILES string of the molecule is CN=C(Nc1ccccc1[NH2+]O)N1CCC(CC(=O)Nc2sccc2C(=O)OC)CC1. The molecule has 1 aliphatic rings. The maximum absolute atomic E-state index is 12.5. The standard InChI is InChI=1S/C21H27N5O4S/c1-22-21(23-16-5-3-4-6-17(16)25-29)26-10-7-14(8-11-26)13-18(27)24-19-15(9-12-31-19)20(28)30-2/h3-6,9,12,14,25,29H,7-8,10-11,13H2,1-2H3,(H,22,23)(H,24,27)/p+1. The van der Waals surface area contributed by atoms with E-state index < -0.39 is 5.97 Å². The number of carbonyl (C=O) groups is 2. The minimum absolute atomic E-state index is 0.0963. The number of hydrogen-bond donors (Lipinski definition) is 4. The van der Waals surface area contributed by atoms with E-state index in [0.29, 0.717) is 22.7 Å². The summed E-state index contributed by atoms with van der Waals surface area (Å²) in [5.41, 5.74) is 2.92. The Morgan fingerprint density at radius 1 is 1.26 bits per heavy atom. The fourth-order valence-electron chi connectivity index (χ4n) is 3.59. The molecule has 1 saturated heterocycles. The first-order valence-electron chi connectivity index (χ1n) is 10.1. The molecule has 10 heteroatoms. The van der Waals surface area contributed by atoms with Gasteiger partial charge in [0.15, 0.2) is 11.6 Å². The van der Waals surface area contributed by atoms with E-state index in [-0.39, 0.29) is 11.8 Å². The number of amides is 1. The minimum atomic E-state index is -0.455. The molecule has 1 aromatic carbocycles. The van der Waals surface area contributed by atoms with Crippen molar-refractivity contribution in [3.05, 3.63) is 41.3 Å². The number of nitrogens with one attached hydrogen (secondary N) is 2. The summed E-state index contributed by atoms with van der Waals surface area (Å²) in [6.45, 7) is 1.55. The number of para-hydroxylation sites is 2. The lowest BCUT2D eigenvalue weighted by molar-refractivity contribution is -0.825. The first-order chi connectivity index (χ1) is 15.0. The summed E-state index contributed by atoms with van der Waals surface area (Å²) >= 11 is 1.31. The molecule has 0 spiro atoms. The second kappa shape index (κ2) is 10.9. The summed E-state index contributed by atoms with van der Waals surface area (Å²) in [4.78, 5) is 30.8. The van der Waals surface area contributed by atoms with Crippen LogP contribution >= 0.6 is 11.3 Å². The Bertz CT molecular complexity index is 937. The van der Waals surface area contributed by atoms with Gasteiger partial charge in [-0.3, -0.25) is 9.79 Å². The Morgan fingerprint density at radius 2 is 2.00 bits per heavy atom. The van der Waals surface area contributed by atoms with Crippen molar-refractivity contribution in [1.82, 2.24) is 4.90 Å². The summed E-state index contributed by atoms with van der Waals surface area (Å²) < 4.78 is 4.75.